The standard InChI is InChI=1S/C65H120O6/c1-4-7-10-13-16-19-22-25-27-29-31-32-33-34-35-37-38-40-43-46-49-52-55-58-64(67)70-61-62(60-69-63(66)57-54-51-48-45-42-24-21-18-15-12-9-6-3)71-65(68)59-56-53-50-47-44-41-39-36-30-28-26-23-20-17-14-11-8-5-2/h20,23,28-31,62H,4-19,21-22,24-27,32-61H2,1-3H3/b23-20-,30-28-,31-29-. The number of esters is 3. The van der Waals surface area contributed by atoms with Gasteiger partial charge in [0.25, 0.3) is 0 Å². The highest BCUT2D eigenvalue weighted by Crippen LogP contribution is 2.17. The van der Waals surface area contributed by atoms with Gasteiger partial charge in [-0.25, -0.2) is 0 Å². The number of ether oxygens (including phenoxy) is 3. The van der Waals surface area contributed by atoms with Crippen LogP contribution in [0.3, 0.4) is 0 Å². The number of carbonyl (C=O) groups is 3. The lowest BCUT2D eigenvalue weighted by Gasteiger charge is -2.18. The molecule has 6 heteroatoms. The predicted octanol–water partition coefficient (Wildman–Crippen LogP) is 21.2. The highest BCUT2D eigenvalue weighted by molar-refractivity contribution is 5.71. The van der Waals surface area contributed by atoms with Crippen molar-refractivity contribution in [2.24, 2.45) is 0 Å². The van der Waals surface area contributed by atoms with Gasteiger partial charge in [-0.2, -0.15) is 0 Å². The average Bonchev–Trinajstić information content (AvgIpc) is 3.37. The van der Waals surface area contributed by atoms with Gasteiger partial charge in [-0.05, 0) is 77.0 Å². The zero-order chi connectivity index (χ0) is 51.4. The molecule has 0 radical (unpaired) electrons. The van der Waals surface area contributed by atoms with Crippen molar-refractivity contribution in [1.29, 1.82) is 0 Å². The normalized spacial score (nSPS) is 12.2. The molecular weight excluding hydrogens is 877 g/mol. The summed E-state index contributed by atoms with van der Waals surface area (Å²) in [5.74, 6) is -0.859. The maximum absolute atomic E-state index is 12.9. The highest BCUT2D eigenvalue weighted by atomic mass is 16.6. The summed E-state index contributed by atoms with van der Waals surface area (Å²) in [6, 6.07) is 0. The third-order valence-corrected chi connectivity index (χ3v) is 14.1. The second-order valence-electron chi connectivity index (χ2n) is 21.3. The van der Waals surface area contributed by atoms with E-state index in [0.29, 0.717) is 19.3 Å². The van der Waals surface area contributed by atoms with E-state index in [0.717, 1.165) is 70.6 Å². The molecule has 0 amide bonds. The van der Waals surface area contributed by atoms with Crippen LogP contribution in [0, 0.1) is 0 Å². The minimum atomic E-state index is -0.774. The highest BCUT2D eigenvalue weighted by Gasteiger charge is 2.19. The molecular formula is C65H120O6. The van der Waals surface area contributed by atoms with E-state index < -0.39 is 6.10 Å². The van der Waals surface area contributed by atoms with Gasteiger partial charge in [-0.1, -0.05) is 282 Å². The SMILES string of the molecule is CCCCCC/C=C\C/C=C\CCCCCCCCCC(=O)OC(COC(=O)CCCCCCCCCCCCCC)COC(=O)CCCCCCCCCCCCC/C=C\CCCCCCCCCC. The second-order valence-corrected chi connectivity index (χ2v) is 21.3. The Bertz CT molecular complexity index is 1190. The maximum Gasteiger partial charge on any atom is 0.306 e. The van der Waals surface area contributed by atoms with Crippen LogP contribution in [-0.4, -0.2) is 37.2 Å². The second kappa shape index (κ2) is 60.2. The van der Waals surface area contributed by atoms with E-state index in [1.807, 2.05) is 0 Å². The van der Waals surface area contributed by atoms with Crippen molar-refractivity contribution < 1.29 is 28.6 Å². The number of unbranched alkanes of at least 4 members (excludes halogenated alkanes) is 41. The minimum Gasteiger partial charge on any atom is -0.462 e. The van der Waals surface area contributed by atoms with Crippen molar-refractivity contribution in [3.8, 4) is 0 Å². The summed E-state index contributed by atoms with van der Waals surface area (Å²) < 4.78 is 16.9. The summed E-state index contributed by atoms with van der Waals surface area (Å²) in [5, 5.41) is 0. The first kappa shape index (κ1) is 68.6. The van der Waals surface area contributed by atoms with Gasteiger partial charge in [0.05, 0.1) is 0 Å². The molecule has 0 aliphatic heterocycles. The molecule has 0 aromatic carbocycles. The van der Waals surface area contributed by atoms with Crippen LogP contribution in [0.2, 0.25) is 0 Å². The third-order valence-electron chi connectivity index (χ3n) is 14.1. The van der Waals surface area contributed by atoms with Crippen molar-refractivity contribution in [2.45, 2.75) is 348 Å². The van der Waals surface area contributed by atoms with Gasteiger partial charge in [0.2, 0.25) is 0 Å². The largest absolute Gasteiger partial charge is 0.462 e. The van der Waals surface area contributed by atoms with Crippen molar-refractivity contribution in [2.75, 3.05) is 13.2 Å². The summed E-state index contributed by atoms with van der Waals surface area (Å²) in [6.07, 6.45) is 72.9. The van der Waals surface area contributed by atoms with Crippen LogP contribution in [-0.2, 0) is 28.6 Å². The summed E-state index contributed by atoms with van der Waals surface area (Å²) >= 11 is 0. The zero-order valence-electron chi connectivity index (χ0n) is 47.8. The molecule has 0 aliphatic rings. The molecule has 71 heavy (non-hydrogen) atoms. The molecule has 0 fully saturated rings. The van der Waals surface area contributed by atoms with Crippen LogP contribution in [0.25, 0.3) is 0 Å². The van der Waals surface area contributed by atoms with Crippen molar-refractivity contribution in [1.82, 2.24) is 0 Å². The Morgan fingerprint density at radius 2 is 0.507 bits per heavy atom. The average molecular weight is 998 g/mol. The molecule has 0 aromatic rings. The van der Waals surface area contributed by atoms with Crippen LogP contribution in [0.4, 0.5) is 0 Å². The van der Waals surface area contributed by atoms with E-state index in [-0.39, 0.29) is 31.1 Å². The number of rotatable bonds is 58. The lowest BCUT2D eigenvalue weighted by molar-refractivity contribution is -0.167. The Kier molecular flexibility index (Phi) is 58.2. The molecule has 0 heterocycles. The van der Waals surface area contributed by atoms with E-state index in [1.54, 1.807) is 0 Å². The Hall–Kier alpha value is -2.37. The quantitative estimate of drug-likeness (QED) is 0.0261. The molecule has 0 aromatic heterocycles. The first-order valence-electron chi connectivity index (χ1n) is 31.5. The summed E-state index contributed by atoms with van der Waals surface area (Å²) in [7, 11) is 0. The number of hydrogen-bond donors (Lipinski definition) is 0. The van der Waals surface area contributed by atoms with Gasteiger partial charge in [0, 0.05) is 19.3 Å². The summed E-state index contributed by atoms with van der Waals surface area (Å²) in [5.41, 5.74) is 0. The predicted molar refractivity (Wildman–Crippen MR) is 307 cm³/mol. The first-order valence-corrected chi connectivity index (χ1v) is 31.5. The fraction of sp³-hybridized carbons (Fsp3) is 0.862. The monoisotopic (exact) mass is 997 g/mol. The van der Waals surface area contributed by atoms with E-state index in [9.17, 15) is 14.4 Å². The smallest absolute Gasteiger partial charge is 0.306 e. The Balaban J connectivity index is 4.27. The lowest BCUT2D eigenvalue weighted by atomic mass is 10.0. The van der Waals surface area contributed by atoms with E-state index in [4.69, 9.17) is 14.2 Å². The molecule has 0 bridgehead atoms. The van der Waals surface area contributed by atoms with Gasteiger partial charge in [-0.3, -0.25) is 14.4 Å². The molecule has 0 N–H and O–H groups in total. The van der Waals surface area contributed by atoms with Gasteiger partial charge in [0.1, 0.15) is 13.2 Å². The molecule has 0 saturated carbocycles. The van der Waals surface area contributed by atoms with Crippen LogP contribution < -0.4 is 0 Å². The molecule has 0 spiro atoms. The molecule has 416 valence electrons. The number of carbonyl (C=O) groups excluding carboxylic acids is 3. The van der Waals surface area contributed by atoms with Crippen molar-refractivity contribution >= 4 is 17.9 Å². The van der Waals surface area contributed by atoms with E-state index >= 15 is 0 Å². The van der Waals surface area contributed by atoms with Crippen molar-refractivity contribution in [3.63, 3.8) is 0 Å². The van der Waals surface area contributed by atoms with Crippen LogP contribution in [0.1, 0.15) is 342 Å². The molecule has 1 atom stereocenters. The van der Waals surface area contributed by atoms with Crippen LogP contribution in [0.15, 0.2) is 36.5 Å². The van der Waals surface area contributed by atoms with E-state index in [2.05, 4.69) is 57.2 Å². The van der Waals surface area contributed by atoms with Gasteiger partial charge in [-0.15, -0.1) is 0 Å². The number of hydrogen-bond acceptors (Lipinski definition) is 6. The molecule has 0 rings (SSSR count). The Labute approximate surface area is 442 Å². The minimum absolute atomic E-state index is 0.0715. The van der Waals surface area contributed by atoms with Gasteiger partial charge >= 0.3 is 17.9 Å². The van der Waals surface area contributed by atoms with Crippen LogP contribution >= 0.6 is 0 Å². The summed E-state index contributed by atoms with van der Waals surface area (Å²) in [4.78, 5) is 38.2. The summed E-state index contributed by atoms with van der Waals surface area (Å²) in [6.45, 7) is 6.66. The lowest BCUT2D eigenvalue weighted by Crippen LogP contribution is -2.30. The third kappa shape index (κ3) is 58.4. The molecule has 0 aliphatic carbocycles. The molecule has 6 nitrogen and oxygen atoms in total. The van der Waals surface area contributed by atoms with Gasteiger partial charge < -0.3 is 14.2 Å². The van der Waals surface area contributed by atoms with Crippen molar-refractivity contribution in [3.05, 3.63) is 36.5 Å². The van der Waals surface area contributed by atoms with Crippen LogP contribution in [0.5, 0.6) is 0 Å². The fourth-order valence-electron chi connectivity index (χ4n) is 9.35. The Morgan fingerprint density at radius 3 is 0.803 bits per heavy atom. The Morgan fingerprint density at radius 1 is 0.282 bits per heavy atom. The molecule has 1 unspecified atom stereocenters. The molecule has 0 saturated heterocycles. The topological polar surface area (TPSA) is 78.9 Å². The zero-order valence-corrected chi connectivity index (χ0v) is 47.8. The maximum atomic E-state index is 12.9. The van der Waals surface area contributed by atoms with E-state index in [1.165, 1.54) is 231 Å². The number of allylic oxidation sites excluding steroid dienone is 6. The van der Waals surface area contributed by atoms with Gasteiger partial charge in [0.15, 0.2) is 6.10 Å². The fourth-order valence-corrected chi connectivity index (χ4v) is 9.35. The first-order chi connectivity index (χ1) is 35.0.